The first-order chi connectivity index (χ1) is 14.6. The minimum Gasteiger partial charge on any atom is -0.336 e. The van der Waals surface area contributed by atoms with E-state index in [4.69, 9.17) is 5.26 Å². The Morgan fingerprint density at radius 3 is 2.47 bits per heavy atom. The van der Waals surface area contributed by atoms with Crippen LogP contribution in [-0.2, 0) is 9.59 Å². The summed E-state index contributed by atoms with van der Waals surface area (Å²) in [6, 6.07) is 18.0. The zero-order valence-corrected chi connectivity index (χ0v) is 16.5. The van der Waals surface area contributed by atoms with Crippen LogP contribution in [0.15, 0.2) is 54.6 Å². The molecule has 30 heavy (non-hydrogen) atoms. The number of nitrogens with one attached hydrogen (secondary N) is 2. The molecule has 8 nitrogen and oxygen atoms in total. The highest BCUT2D eigenvalue weighted by Crippen LogP contribution is 2.20. The summed E-state index contributed by atoms with van der Waals surface area (Å²) in [4.78, 5) is 39.8. The monoisotopic (exact) mass is 405 g/mol. The predicted octanol–water partition coefficient (Wildman–Crippen LogP) is 2.88. The lowest BCUT2D eigenvalue weighted by Gasteiger charge is -2.21. The number of urea groups is 1. The summed E-state index contributed by atoms with van der Waals surface area (Å²) < 4.78 is 0. The zero-order chi connectivity index (χ0) is 21.3. The molecule has 0 radical (unpaired) electrons. The molecule has 3 rings (SSSR count). The van der Waals surface area contributed by atoms with Crippen molar-refractivity contribution < 1.29 is 14.4 Å². The summed E-state index contributed by atoms with van der Waals surface area (Å²) in [6.45, 7) is 1.50. The molecule has 2 N–H and O–H groups in total. The Morgan fingerprint density at radius 2 is 1.83 bits per heavy atom. The Bertz CT molecular complexity index is 937. The number of nitriles is 1. The fourth-order valence-corrected chi connectivity index (χ4v) is 3.19. The van der Waals surface area contributed by atoms with E-state index in [0.29, 0.717) is 24.5 Å². The van der Waals surface area contributed by atoms with Gasteiger partial charge in [0.05, 0.1) is 12.5 Å². The second-order valence-corrected chi connectivity index (χ2v) is 6.77. The van der Waals surface area contributed by atoms with Gasteiger partial charge in [-0.2, -0.15) is 5.26 Å². The third-order valence-corrected chi connectivity index (χ3v) is 4.70. The largest absolute Gasteiger partial charge is 0.336 e. The van der Waals surface area contributed by atoms with Crippen molar-refractivity contribution in [3.63, 3.8) is 0 Å². The molecule has 0 bridgehead atoms. The van der Waals surface area contributed by atoms with Crippen LogP contribution in [0, 0.1) is 11.3 Å². The van der Waals surface area contributed by atoms with Gasteiger partial charge in [-0.05, 0) is 36.4 Å². The van der Waals surface area contributed by atoms with Crippen molar-refractivity contribution >= 4 is 34.9 Å². The number of nitrogens with zero attached hydrogens (tertiary/aromatic N) is 3. The summed E-state index contributed by atoms with van der Waals surface area (Å²) in [5, 5.41) is 14.4. The number of anilines is 3. The van der Waals surface area contributed by atoms with E-state index in [1.165, 1.54) is 4.90 Å². The highest BCUT2D eigenvalue weighted by atomic mass is 16.2. The second kappa shape index (κ2) is 10.1. The first kappa shape index (κ1) is 20.9. The molecule has 1 fully saturated rings. The van der Waals surface area contributed by atoms with Gasteiger partial charge < -0.3 is 15.5 Å². The van der Waals surface area contributed by atoms with Crippen molar-refractivity contribution in [2.24, 2.45) is 0 Å². The fourth-order valence-electron chi connectivity index (χ4n) is 3.19. The van der Waals surface area contributed by atoms with Crippen LogP contribution in [-0.4, -0.2) is 37.5 Å². The van der Waals surface area contributed by atoms with E-state index in [-0.39, 0.29) is 43.7 Å². The highest BCUT2D eigenvalue weighted by molar-refractivity contribution is 5.98. The topological polar surface area (TPSA) is 106 Å². The maximum atomic E-state index is 12.6. The second-order valence-electron chi connectivity index (χ2n) is 6.77. The highest BCUT2D eigenvalue weighted by Gasteiger charge is 2.21. The molecule has 1 aliphatic rings. The average molecular weight is 405 g/mol. The Balaban J connectivity index is 1.53. The van der Waals surface area contributed by atoms with Crippen molar-refractivity contribution in [1.82, 2.24) is 5.32 Å². The summed E-state index contributed by atoms with van der Waals surface area (Å²) in [5.74, 6) is -0.481. The van der Waals surface area contributed by atoms with Crippen LogP contribution >= 0.6 is 0 Å². The number of rotatable bonds is 8. The summed E-state index contributed by atoms with van der Waals surface area (Å²) in [5.41, 5.74) is 2.06. The van der Waals surface area contributed by atoms with Gasteiger partial charge in [0.1, 0.15) is 0 Å². The molecule has 0 aromatic heterocycles. The van der Waals surface area contributed by atoms with Crippen LogP contribution in [0.4, 0.5) is 21.9 Å². The van der Waals surface area contributed by atoms with Crippen LogP contribution in [0.25, 0.3) is 0 Å². The number of carbonyl (C=O) groups is 3. The molecule has 1 aliphatic heterocycles. The van der Waals surface area contributed by atoms with E-state index in [9.17, 15) is 14.4 Å². The predicted molar refractivity (Wildman–Crippen MR) is 114 cm³/mol. The molecule has 0 atom stereocenters. The Hall–Kier alpha value is -3.86. The molecule has 154 valence electrons. The van der Waals surface area contributed by atoms with Crippen molar-refractivity contribution in [2.45, 2.75) is 19.3 Å². The molecule has 0 spiro atoms. The van der Waals surface area contributed by atoms with Gasteiger partial charge in [-0.25, -0.2) is 4.79 Å². The third kappa shape index (κ3) is 5.35. The Morgan fingerprint density at radius 1 is 1.10 bits per heavy atom. The van der Waals surface area contributed by atoms with Crippen LogP contribution in [0.2, 0.25) is 0 Å². The van der Waals surface area contributed by atoms with E-state index in [1.54, 1.807) is 41.3 Å². The maximum Gasteiger partial charge on any atom is 0.321 e. The number of benzene rings is 2. The number of para-hydroxylation sites is 1. The van der Waals surface area contributed by atoms with Crippen molar-refractivity contribution in [2.75, 3.05) is 34.8 Å². The lowest BCUT2D eigenvalue weighted by molar-refractivity contribution is -0.122. The first-order valence-electron chi connectivity index (χ1n) is 9.76. The molecular weight excluding hydrogens is 382 g/mol. The minimum absolute atomic E-state index is 0.0327. The van der Waals surface area contributed by atoms with Crippen molar-refractivity contribution in [1.29, 1.82) is 5.26 Å². The zero-order valence-electron chi connectivity index (χ0n) is 16.5. The van der Waals surface area contributed by atoms with E-state index in [1.807, 2.05) is 24.3 Å². The Labute approximate surface area is 175 Å². The summed E-state index contributed by atoms with van der Waals surface area (Å²) >= 11 is 0. The van der Waals surface area contributed by atoms with Gasteiger partial charge >= 0.3 is 6.03 Å². The lowest BCUT2D eigenvalue weighted by Crippen LogP contribution is -2.32. The van der Waals surface area contributed by atoms with Crippen molar-refractivity contribution in [3.05, 3.63) is 54.6 Å². The average Bonchev–Trinajstić information content (AvgIpc) is 3.20. The number of amides is 4. The molecule has 0 aliphatic carbocycles. The van der Waals surface area contributed by atoms with E-state index in [0.717, 1.165) is 5.69 Å². The minimum atomic E-state index is -0.275. The van der Waals surface area contributed by atoms with Gasteiger partial charge in [-0.1, -0.05) is 18.2 Å². The smallest absolute Gasteiger partial charge is 0.321 e. The van der Waals surface area contributed by atoms with Gasteiger partial charge in [-0.3, -0.25) is 14.5 Å². The van der Waals surface area contributed by atoms with Gasteiger partial charge in [-0.15, -0.1) is 0 Å². The van der Waals surface area contributed by atoms with Gasteiger partial charge in [0, 0.05) is 49.5 Å². The van der Waals surface area contributed by atoms with Crippen molar-refractivity contribution in [3.8, 4) is 6.07 Å². The molecule has 2 aromatic rings. The summed E-state index contributed by atoms with van der Waals surface area (Å²) in [7, 11) is 0. The molecular formula is C22H23N5O3. The quantitative estimate of drug-likeness (QED) is 0.704. The molecule has 8 heteroatoms. The van der Waals surface area contributed by atoms with E-state index < -0.39 is 0 Å². The lowest BCUT2D eigenvalue weighted by atomic mass is 10.2. The number of hydrogen-bond donors (Lipinski definition) is 2. The van der Waals surface area contributed by atoms with Crippen LogP contribution in [0.1, 0.15) is 19.3 Å². The fraction of sp³-hybridized carbons (Fsp3) is 0.273. The first-order valence-corrected chi connectivity index (χ1v) is 9.76. The standard InChI is InChI=1S/C22H23N5O3/c23-13-4-15-26(18-5-2-1-3-6-18)21(29)12-11-20(28)25-17-7-9-19(10-8-17)27-16-14-24-22(27)30/h1-3,5-10H,4,11-12,14-16H2,(H,24,30)(H,25,28). The van der Waals surface area contributed by atoms with Gasteiger partial charge in [0.2, 0.25) is 11.8 Å². The molecule has 0 unspecified atom stereocenters. The van der Waals surface area contributed by atoms with E-state index in [2.05, 4.69) is 10.6 Å². The normalized spacial score (nSPS) is 12.8. The van der Waals surface area contributed by atoms with Gasteiger partial charge in [0.25, 0.3) is 0 Å². The van der Waals surface area contributed by atoms with Gasteiger partial charge in [0.15, 0.2) is 0 Å². The van der Waals surface area contributed by atoms with Crippen LogP contribution in [0.5, 0.6) is 0 Å². The van der Waals surface area contributed by atoms with E-state index >= 15 is 0 Å². The number of hydrogen-bond acceptors (Lipinski definition) is 4. The van der Waals surface area contributed by atoms with Crippen LogP contribution < -0.4 is 20.4 Å². The molecule has 0 saturated carbocycles. The SMILES string of the molecule is N#CCCN(C(=O)CCC(=O)Nc1ccc(N2CCNC2=O)cc1)c1ccccc1. The number of carbonyl (C=O) groups excluding carboxylic acids is 3. The maximum absolute atomic E-state index is 12.6. The third-order valence-electron chi connectivity index (χ3n) is 4.70. The molecule has 2 aromatic carbocycles. The Kier molecular flexibility index (Phi) is 7.00. The molecule has 1 heterocycles. The molecule has 1 saturated heterocycles. The summed E-state index contributed by atoms with van der Waals surface area (Å²) in [6.07, 6.45) is 0.289. The van der Waals surface area contributed by atoms with Crippen LogP contribution in [0.3, 0.4) is 0 Å². The molecule has 4 amide bonds.